The zero-order valence-corrected chi connectivity index (χ0v) is 11.9. The average Bonchev–Trinajstić information content (AvgIpc) is 2.50. The van der Waals surface area contributed by atoms with Crippen molar-refractivity contribution in [2.24, 2.45) is 0 Å². The number of nitrogens with zero attached hydrogens (tertiary/aromatic N) is 2. The molecule has 0 aromatic carbocycles. The van der Waals surface area contributed by atoms with Crippen molar-refractivity contribution in [2.45, 2.75) is 13.0 Å². The summed E-state index contributed by atoms with van der Waals surface area (Å²) < 4.78 is 5.06. The molecule has 0 aliphatic rings. The number of anilines is 1. The molecule has 0 bridgehead atoms. The van der Waals surface area contributed by atoms with Gasteiger partial charge in [0.05, 0.1) is 10.6 Å². The lowest BCUT2D eigenvalue weighted by Crippen LogP contribution is -2.30. The number of pyridine rings is 2. The minimum atomic E-state index is -0.955. The van der Waals surface area contributed by atoms with Crippen LogP contribution < -0.4 is 5.32 Å². The van der Waals surface area contributed by atoms with Gasteiger partial charge < -0.3 is 10.1 Å². The van der Waals surface area contributed by atoms with E-state index in [2.05, 4.69) is 15.3 Å². The van der Waals surface area contributed by atoms with Crippen molar-refractivity contribution in [1.29, 1.82) is 0 Å². The number of carbonyl (C=O) groups excluding carboxylic acids is 2. The first-order valence-corrected chi connectivity index (χ1v) is 6.47. The summed E-state index contributed by atoms with van der Waals surface area (Å²) in [5, 5.41) is 2.99. The lowest BCUT2D eigenvalue weighted by atomic mass is 10.3. The number of ether oxygens (including phenoxy) is 1. The van der Waals surface area contributed by atoms with E-state index in [4.69, 9.17) is 16.3 Å². The quantitative estimate of drug-likeness (QED) is 0.877. The fraction of sp³-hybridized carbons (Fsp3) is 0.143. The summed E-state index contributed by atoms with van der Waals surface area (Å²) >= 11 is 5.70. The van der Waals surface area contributed by atoms with Crippen LogP contribution in [0.5, 0.6) is 0 Å². The topological polar surface area (TPSA) is 81.2 Å². The zero-order valence-electron chi connectivity index (χ0n) is 11.1. The van der Waals surface area contributed by atoms with Crippen molar-refractivity contribution in [2.75, 3.05) is 5.32 Å². The van der Waals surface area contributed by atoms with E-state index < -0.39 is 18.0 Å². The Balaban J connectivity index is 1.93. The van der Waals surface area contributed by atoms with Gasteiger partial charge in [-0.3, -0.25) is 9.78 Å². The first kappa shape index (κ1) is 14.9. The molecular weight excluding hydrogens is 294 g/mol. The zero-order chi connectivity index (χ0) is 15.2. The molecule has 1 amide bonds. The third kappa shape index (κ3) is 4.25. The smallest absolute Gasteiger partial charge is 0.339 e. The highest BCUT2D eigenvalue weighted by Crippen LogP contribution is 2.10. The highest BCUT2D eigenvalue weighted by molar-refractivity contribution is 6.30. The third-order valence-electron chi connectivity index (χ3n) is 2.55. The lowest BCUT2D eigenvalue weighted by molar-refractivity contribution is -0.123. The number of nitrogens with one attached hydrogen (secondary N) is 1. The molecule has 108 valence electrons. The standard InChI is InChI=1S/C14H12ClN3O3/c1-9(21-14(20)10-4-6-16-7-5-10)13(19)18-12-3-2-11(15)8-17-12/h2-9H,1H3,(H,17,18,19)/t9-/m1/s1. The van der Waals surface area contributed by atoms with Crippen molar-refractivity contribution >= 4 is 29.3 Å². The van der Waals surface area contributed by atoms with Crippen molar-refractivity contribution in [3.05, 3.63) is 53.4 Å². The van der Waals surface area contributed by atoms with Gasteiger partial charge in [-0.25, -0.2) is 9.78 Å². The van der Waals surface area contributed by atoms with Gasteiger partial charge in [0.25, 0.3) is 5.91 Å². The lowest BCUT2D eigenvalue weighted by Gasteiger charge is -2.13. The minimum Gasteiger partial charge on any atom is -0.449 e. The van der Waals surface area contributed by atoms with Crippen LogP contribution in [-0.4, -0.2) is 27.9 Å². The van der Waals surface area contributed by atoms with Crippen LogP contribution in [0.4, 0.5) is 5.82 Å². The second-order valence-electron chi connectivity index (χ2n) is 4.13. The Labute approximate surface area is 126 Å². The van der Waals surface area contributed by atoms with E-state index in [0.717, 1.165) is 0 Å². The maximum absolute atomic E-state index is 11.9. The number of carbonyl (C=O) groups is 2. The molecule has 2 heterocycles. The van der Waals surface area contributed by atoms with E-state index in [-0.39, 0.29) is 0 Å². The van der Waals surface area contributed by atoms with Gasteiger partial charge in [0.2, 0.25) is 0 Å². The summed E-state index contributed by atoms with van der Waals surface area (Å²) in [7, 11) is 0. The molecule has 21 heavy (non-hydrogen) atoms. The first-order chi connectivity index (χ1) is 10.1. The summed E-state index contributed by atoms with van der Waals surface area (Å²) in [6, 6.07) is 6.16. The van der Waals surface area contributed by atoms with Gasteiger partial charge in [-0.15, -0.1) is 0 Å². The van der Waals surface area contributed by atoms with E-state index in [9.17, 15) is 9.59 Å². The number of esters is 1. The fourth-order valence-corrected chi connectivity index (χ4v) is 1.56. The molecule has 1 atom stereocenters. The monoisotopic (exact) mass is 305 g/mol. The van der Waals surface area contributed by atoms with Crippen molar-refractivity contribution < 1.29 is 14.3 Å². The first-order valence-electron chi connectivity index (χ1n) is 6.09. The SMILES string of the molecule is C[C@@H](OC(=O)c1ccncc1)C(=O)Nc1ccc(Cl)cn1. The predicted octanol–water partition coefficient (Wildman–Crippen LogP) is 2.31. The Morgan fingerprint density at radius 1 is 1.24 bits per heavy atom. The molecule has 0 fully saturated rings. The van der Waals surface area contributed by atoms with Gasteiger partial charge in [-0.2, -0.15) is 0 Å². The van der Waals surface area contributed by atoms with Gasteiger partial charge >= 0.3 is 5.97 Å². The normalized spacial score (nSPS) is 11.5. The van der Waals surface area contributed by atoms with Crippen LogP contribution in [0.2, 0.25) is 5.02 Å². The molecule has 0 saturated carbocycles. The molecule has 2 aromatic heterocycles. The second-order valence-corrected chi connectivity index (χ2v) is 4.57. The predicted molar refractivity (Wildman–Crippen MR) is 77.0 cm³/mol. The van der Waals surface area contributed by atoms with Crippen molar-refractivity contribution in [3.8, 4) is 0 Å². The van der Waals surface area contributed by atoms with E-state index in [0.29, 0.717) is 16.4 Å². The van der Waals surface area contributed by atoms with Crippen LogP contribution in [-0.2, 0) is 9.53 Å². The molecule has 0 radical (unpaired) electrons. The highest BCUT2D eigenvalue weighted by Gasteiger charge is 2.19. The molecule has 6 nitrogen and oxygen atoms in total. The molecule has 2 rings (SSSR count). The van der Waals surface area contributed by atoms with Gasteiger partial charge in [0, 0.05) is 18.6 Å². The van der Waals surface area contributed by atoms with Gasteiger partial charge in [0.15, 0.2) is 6.10 Å². The van der Waals surface area contributed by atoms with Gasteiger partial charge in [-0.05, 0) is 31.2 Å². The van der Waals surface area contributed by atoms with Crippen LogP contribution in [0, 0.1) is 0 Å². The van der Waals surface area contributed by atoms with E-state index in [1.54, 1.807) is 12.1 Å². The fourth-order valence-electron chi connectivity index (χ4n) is 1.45. The molecule has 0 aliphatic carbocycles. The van der Waals surface area contributed by atoms with Gasteiger partial charge in [-0.1, -0.05) is 11.6 Å². The highest BCUT2D eigenvalue weighted by atomic mass is 35.5. The minimum absolute atomic E-state index is 0.328. The van der Waals surface area contributed by atoms with Crippen LogP contribution in [0.15, 0.2) is 42.9 Å². The number of aromatic nitrogens is 2. The maximum Gasteiger partial charge on any atom is 0.339 e. The largest absolute Gasteiger partial charge is 0.449 e. The van der Waals surface area contributed by atoms with Gasteiger partial charge in [0.1, 0.15) is 5.82 Å². The Bertz CT molecular complexity index is 632. The van der Waals surface area contributed by atoms with Crippen molar-refractivity contribution in [3.63, 3.8) is 0 Å². The number of amides is 1. The second kappa shape index (κ2) is 6.81. The summed E-state index contributed by atoms with van der Waals surface area (Å²) in [4.78, 5) is 31.4. The van der Waals surface area contributed by atoms with Crippen LogP contribution in [0.25, 0.3) is 0 Å². The molecule has 0 spiro atoms. The Morgan fingerprint density at radius 2 is 1.95 bits per heavy atom. The summed E-state index contributed by atoms with van der Waals surface area (Å²) in [6.45, 7) is 1.48. The number of hydrogen-bond acceptors (Lipinski definition) is 5. The molecule has 1 N–H and O–H groups in total. The summed E-state index contributed by atoms with van der Waals surface area (Å²) in [5.41, 5.74) is 0.328. The Morgan fingerprint density at radius 3 is 2.57 bits per heavy atom. The van der Waals surface area contributed by atoms with Crippen LogP contribution in [0.3, 0.4) is 0 Å². The Kier molecular flexibility index (Phi) is 4.84. The average molecular weight is 306 g/mol. The molecule has 2 aromatic rings. The number of rotatable bonds is 4. The number of halogens is 1. The molecule has 0 unspecified atom stereocenters. The molecular formula is C14H12ClN3O3. The Hall–Kier alpha value is -2.47. The van der Waals surface area contributed by atoms with E-state index in [1.807, 2.05) is 0 Å². The van der Waals surface area contributed by atoms with Crippen LogP contribution in [0.1, 0.15) is 17.3 Å². The van der Waals surface area contributed by atoms with Crippen molar-refractivity contribution in [1.82, 2.24) is 9.97 Å². The molecule has 7 heteroatoms. The summed E-state index contributed by atoms with van der Waals surface area (Å²) in [6.07, 6.45) is 3.39. The van der Waals surface area contributed by atoms with Crippen LogP contribution >= 0.6 is 11.6 Å². The third-order valence-corrected chi connectivity index (χ3v) is 2.77. The number of hydrogen-bond donors (Lipinski definition) is 1. The summed E-state index contributed by atoms with van der Waals surface area (Å²) in [5.74, 6) is -0.743. The maximum atomic E-state index is 11.9. The molecule has 0 saturated heterocycles. The van der Waals surface area contributed by atoms with E-state index in [1.165, 1.54) is 37.6 Å². The van der Waals surface area contributed by atoms with E-state index >= 15 is 0 Å². The molecule has 0 aliphatic heterocycles.